The van der Waals surface area contributed by atoms with Crippen LogP contribution in [0.2, 0.25) is 1.41 Å². The first-order chi connectivity index (χ1) is 43.1. The predicted molar refractivity (Wildman–Crippen MR) is 355 cm³/mol. The van der Waals surface area contributed by atoms with Crippen molar-refractivity contribution in [2.75, 3.05) is 57.4 Å². The lowest BCUT2D eigenvalue weighted by Crippen LogP contribution is -2.60. The van der Waals surface area contributed by atoms with Crippen molar-refractivity contribution in [2.45, 2.75) is 307 Å². The Bertz CT molecular complexity index is 1840. The third-order valence-corrected chi connectivity index (χ3v) is 16.8. The van der Waals surface area contributed by atoms with Crippen molar-refractivity contribution in [2.24, 2.45) is 22.9 Å². The van der Waals surface area contributed by atoms with Crippen molar-refractivity contribution in [1.29, 1.82) is 0 Å². The Morgan fingerprint density at radius 2 is 0.739 bits per heavy atom. The highest BCUT2D eigenvalue weighted by Gasteiger charge is 2.33. The van der Waals surface area contributed by atoms with E-state index < -0.39 is 90.4 Å². The van der Waals surface area contributed by atoms with Crippen LogP contribution in [0.3, 0.4) is 0 Å². The zero-order valence-electron chi connectivity index (χ0n) is 55.8. The van der Waals surface area contributed by atoms with E-state index in [9.17, 15) is 48.6 Å². The molecule has 22 nitrogen and oxygen atoms in total. The fraction of sp³-hybridized carbons (Fsp3) is 0.877. The van der Waals surface area contributed by atoms with Gasteiger partial charge in [0.05, 0.1) is 13.2 Å². The van der Waals surface area contributed by atoms with E-state index in [4.69, 9.17) is 29.1 Å². The lowest BCUT2D eigenvalue weighted by molar-refractivity contribution is -0.142. The summed E-state index contributed by atoms with van der Waals surface area (Å²) >= 11 is 1.21. The lowest BCUT2D eigenvalue weighted by Gasteiger charge is -2.27. The number of aliphatic carboxylic acids is 1. The Hall–Kier alpha value is -4.29. The first kappa shape index (κ1) is 81.7. The molecular formula is C65H127N11O11S. The second-order valence-electron chi connectivity index (χ2n) is 23.7. The molecule has 23 heteroatoms. The summed E-state index contributed by atoms with van der Waals surface area (Å²) in [4.78, 5) is 108. The van der Waals surface area contributed by atoms with Gasteiger partial charge in [-0.15, -0.1) is 0 Å². The number of nitrogens with two attached hydrogens (primary N) is 4. The molecular weight excluding hydrogens is 1140 g/mol. The Kier molecular flexibility index (Phi) is 56.0. The van der Waals surface area contributed by atoms with E-state index in [1.807, 2.05) is 0 Å². The van der Waals surface area contributed by atoms with Crippen LogP contribution in [0.25, 0.3) is 0 Å². The summed E-state index contributed by atoms with van der Waals surface area (Å²) in [5.41, 5.74) is 22.9. The molecule has 514 valence electrons. The summed E-state index contributed by atoms with van der Waals surface area (Å²) in [6.45, 7) is 5.24. The van der Waals surface area contributed by atoms with E-state index in [1.165, 1.54) is 134 Å². The number of carbonyl (C=O) groups excluding carboxylic acids is 7. The topological polar surface area (TPSA) is 375 Å². The molecule has 88 heavy (non-hydrogen) atoms. The zero-order chi connectivity index (χ0) is 66.0. The van der Waals surface area contributed by atoms with Gasteiger partial charge in [-0.1, -0.05) is 174 Å². The minimum Gasteiger partial charge on any atom is -0.480 e. The number of ether oxygens (including phenoxy) is 1. The number of aliphatic hydroxyl groups is 1. The molecule has 0 heterocycles. The molecule has 0 aromatic rings. The van der Waals surface area contributed by atoms with Crippen LogP contribution in [-0.2, 0) is 38.3 Å². The van der Waals surface area contributed by atoms with Crippen LogP contribution in [0.5, 0.6) is 0 Å². The Morgan fingerprint density at radius 1 is 0.420 bits per heavy atom. The summed E-state index contributed by atoms with van der Waals surface area (Å²) in [6, 6.07) is -8.00. The Balaban J connectivity index is 6.02. The van der Waals surface area contributed by atoms with Crippen LogP contribution in [0.4, 0.5) is 4.79 Å². The van der Waals surface area contributed by atoms with Gasteiger partial charge in [0.15, 0.2) is 1.41 Å². The van der Waals surface area contributed by atoms with Gasteiger partial charge in [-0.3, -0.25) is 28.8 Å². The monoisotopic (exact) mass is 1270 g/mol. The molecule has 7 amide bonds. The second-order valence-corrected chi connectivity index (χ2v) is 24.9. The van der Waals surface area contributed by atoms with Gasteiger partial charge >= 0.3 is 12.1 Å². The largest absolute Gasteiger partial charge is 0.480 e. The summed E-state index contributed by atoms with van der Waals surface area (Å²) < 4.78 is 14.3. The number of carbonyl (C=O) groups is 8. The molecule has 6 atom stereocenters. The number of hydrogen-bond donors (Lipinski definition) is 13. The fourth-order valence-electron chi connectivity index (χ4n) is 10.2. The van der Waals surface area contributed by atoms with E-state index in [1.54, 1.807) is 0 Å². The molecule has 0 spiro atoms. The first-order valence-electron chi connectivity index (χ1n) is 35.1. The molecule has 0 unspecified atom stereocenters. The van der Waals surface area contributed by atoms with Gasteiger partial charge in [0, 0.05) is 24.5 Å². The molecule has 0 fully saturated rings. The number of hydrogen-bond acceptors (Lipinski definition) is 15. The molecule has 0 saturated heterocycles. The van der Waals surface area contributed by atoms with Gasteiger partial charge in [-0.2, -0.15) is 11.8 Å². The van der Waals surface area contributed by atoms with Crippen molar-refractivity contribution in [3.8, 4) is 0 Å². The number of amides is 7. The molecule has 0 aromatic heterocycles. The Morgan fingerprint density at radius 3 is 1.10 bits per heavy atom. The number of nitrogens with one attached hydrogen (secondary N) is 7. The van der Waals surface area contributed by atoms with Crippen LogP contribution in [0, 0.1) is 0 Å². The SMILES string of the molecule is [2H]N(C(=O)CCCCCCCCCCCCCCC)[C@@H](CSCCNC(=O)OCCCCCCCCCCCCCCCC)C(=O)N[C@@H](CO)C(=O)N[C@@H](CCCCN)C(=O)N[C@@H](CCCCN)C(=O)N[C@@H](CCCCN)C(=O)N[C@@H](CCCCN)C(=O)O. The van der Waals surface area contributed by atoms with Gasteiger partial charge in [-0.05, 0) is 116 Å². The van der Waals surface area contributed by atoms with Gasteiger partial charge in [-0.25, -0.2) is 9.59 Å². The minimum absolute atomic E-state index is 0.0279. The number of carboxylic acid groups (broad SMARTS) is 1. The minimum atomic E-state index is -1.64. The maximum Gasteiger partial charge on any atom is 0.407 e. The molecule has 0 rings (SSSR count). The maximum absolute atomic E-state index is 14.2. The number of unbranched alkanes of at least 4 members (excludes halogenated alkanes) is 29. The molecule has 0 aliphatic rings. The number of thioether (sulfide) groups is 1. The van der Waals surface area contributed by atoms with E-state index >= 15 is 0 Å². The number of alkyl carbamates (subject to hydrolysis) is 1. The highest BCUT2D eigenvalue weighted by atomic mass is 32.2. The van der Waals surface area contributed by atoms with Gasteiger partial charge in [0.1, 0.15) is 36.3 Å². The van der Waals surface area contributed by atoms with Gasteiger partial charge < -0.3 is 75.1 Å². The number of aliphatic hydroxyl groups excluding tert-OH is 1. The highest BCUT2D eigenvalue weighted by Crippen LogP contribution is 2.16. The highest BCUT2D eigenvalue weighted by molar-refractivity contribution is 7.99. The van der Waals surface area contributed by atoms with Gasteiger partial charge in [0.25, 0.3) is 0 Å². The summed E-state index contributed by atoms with van der Waals surface area (Å²) in [6.07, 6.45) is 35.0. The maximum atomic E-state index is 14.2. The molecule has 0 aliphatic carbocycles. The summed E-state index contributed by atoms with van der Waals surface area (Å²) in [5, 5.41) is 36.9. The van der Waals surface area contributed by atoms with E-state index in [0.717, 1.165) is 44.9 Å². The second kappa shape index (κ2) is 60.3. The smallest absolute Gasteiger partial charge is 0.407 e. The Labute approximate surface area is 536 Å². The van der Waals surface area contributed by atoms with Crippen LogP contribution in [0.1, 0.15) is 271 Å². The molecule has 17 N–H and O–H groups in total. The van der Waals surface area contributed by atoms with Crippen molar-refractivity contribution < 1.29 is 54.7 Å². The van der Waals surface area contributed by atoms with Crippen LogP contribution in [0.15, 0.2) is 0 Å². The molecule has 0 aliphatic heterocycles. The van der Waals surface area contributed by atoms with Crippen molar-refractivity contribution in [3.63, 3.8) is 0 Å². The molecule has 0 saturated carbocycles. The average Bonchev–Trinajstić information content (AvgIpc) is 3.44. The van der Waals surface area contributed by atoms with Crippen LogP contribution >= 0.6 is 11.8 Å². The normalized spacial score (nSPS) is 13.5. The number of rotatable bonds is 63. The quantitative estimate of drug-likeness (QED) is 0.0257. The first-order valence-corrected chi connectivity index (χ1v) is 35.8. The molecule has 0 bridgehead atoms. The van der Waals surface area contributed by atoms with Crippen molar-refractivity contribution in [1.82, 2.24) is 37.2 Å². The van der Waals surface area contributed by atoms with Crippen molar-refractivity contribution >= 4 is 59.3 Å². The summed E-state index contributed by atoms with van der Waals surface area (Å²) in [7, 11) is 0. The average molecular weight is 1270 g/mol. The van der Waals surface area contributed by atoms with E-state index in [-0.39, 0.29) is 57.5 Å². The lowest BCUT2D eigenvalue weighted by atomic mass is 10.0. The molecule has 0 aromatic carbocycles. The van der Waals surface area contributed by atoms with Crippen LogP contribution in [-0.4, -0.2) is 151 Å². The van der Waals surface area contributed by atoms with Crippen molar-refractivity contribution in [3.05, 3.63) is 0 Å². The third-order valence-electron chi connectivity index (χ3n) is 15.7. The fourth-order valence-corrected chi connectivity index (χ4v) is 11.1. The molecule has 0 radical (unpaired) electrons. The van der Waals surface area contributed by atoms with E-state index in [0.29, 0.717) is 88.5 Å². The predicted octanol–water partition coefficient (Wildman–Crippen LogP) is 7.91. The number of carboxylic acids is 1. The van der Waals surface area contributed by atoms with E-state index in [2.05, 4.69) is 45.7 Å². The van der Waals surface area contributed by atoms with Crippen LogP contribution < -0.4 is 60.1 Å². The standard InChI is InChI=1S/C65H127N11O11S/c1-3-5-7-9-11-13-15-17-19-21-23-25-27-37-48-87-65(86)70-47-49-88-51-57(71-58(78)42-28-26-24-22-20-18-16-14-12-10-8-6-4-2)63(83)76-56(50-77)62(82)74-53(39-30-34-44-67)60(80)72-52(38-29-33-43-66)59(79)73-54(40-31-35-45-68)61(81)75-55(64(84)85)41-32-36-46-69/h52-57,77H,3-51,66-69H2,1-2H3,(H,70,86)(H,71,78)(H,72,80)(H,73,79)(H,74,82)(H,75,81)(H,76,83)(H,84,85)/t52-,53-,54-,55-,56-,57-/m0/s1/i/hD. The zero-order valence-corrected chi connectivity index (χ0v) is 55.7. The van der Waals surface area contributed by atoms with Gasteiger partial charge in [0.2, 0.25) is 35.4 Å². The summed E-state index contributed by atoms with van der Waals surface area (Å²) in [5.74, 6) is -5.69. The third kappa shape index (κ3) is 47.6.